The lowest BCUT2D eigenvalue weighted by Gasteiger charge is -2.45. The van der Waals surface area contributed by atoms with Crippen LogP contribution < -0.4 is 10.6 Å². The summed E-state index contributed by atoms with van der Waals surface area (Å²) in [7, 11) is 0. The fourth-order valence-electron chi connectivity index (χ4n) is 2.75. The van der Waals surface area contributed by atoms with Crippen LogP contribution in [0.2, 0.25) is 0 Å². The van der Waals surface area contributed by atoms with E-state index in [0.29, 0.717) is 5.75 Å². The van der Waals surface area contributed by atoms with Crippen LogP contribution in [0.25, 0.3) is 0 Å². The average molecular weight is 463 g/mol. The van der Waals surface area contributed by atoms with Gasteiger partial charge in [0.05, 0.1) is 19.4 Å². The summed E-state index contributed by atoms with van der Waals surface area (Å²) in [5, 5.41) is 22.5. The third kappa shape index (κ3) is 10.1. The highest BCUT2D eigenvalue weighted by atomic mass is 32.2. The van der Waals surface area contributed by atoms with E-state index >= 15 is 0 Å². The number of aliphatic carboxylic acids is 2. The van der Waals surface area contributed by atoms with Gasteiger partial charge in [-0.05, 0) is 6.92 Å². The molecule has 2 amide bonds. The molecule has 0 aliphatic carbocycles. The summed E-state index contributed by atoms with van der Waals surface area (Å²) in [6.07, 6.45) is -1.62. The Bertz CT molecular complexity index is 698. The summed E-state index contributed by atoms with van der Waals surface area (Å²) in [5.41, 5.74) is -0.686. The Labute approximate surface area is 184 Å². The van der Waals surface area contributed by atoms with Gasteiger partial charge < -0.3 is 30.3 Å². The van der Waals surface area contributed by atoms with Gasteiger partial charge in [0.25, 0.3) is 0 Å². The lowest BCUT2D eigenvalue weighted by molar-refractivity contribution is -0.313. The van der Waals surface area contributed by atoms with Gasteiger partial charge in [0.1, 0.15) is 6.10 Å². The average Bonchev–Trinajstić information content (AvgIpc) is 2.65. The second kappa shape index (κ2) is 12.0. The van der Waals surface area contributed by atoms with Crippen molar-refractivity contribution in [3.8, 4) is 0 Å². The van der Waals surface area contributed by atoms with Crippen LogP contribution in [0.15, 0.2) is 0 Å². The zero-order valence-electron chi connectivity index (χ0n) is 17.9. The minimum Gasteiger partial charge on any atom is -0.481 e. The number of carbonyl (C=O) groups is 5. The van der Waals surface area contributed by atoms with E-state index in [0.717, 1.165) is 11.8 Å². The molecule has 1 unspecified atom stereocenters. The van der Waals surface area contributed by atoms with E-state index in [-0.39, 0.29) is 50.0 Å². The number of carbonyl (C=O) groups excluding carboxylic acids is 3. The van der Waals surface area contributed by atoms with Crippen molar-refractivity contribution in [1.82, 2.24) is 10.6 Å². The van der Waals surface area contributed by atoms with Gasteiger partial charge in [0.15, 0.2) is 10.9 Å². The molecule has 11 nitrogen and oxygen atoms in total. The molecule has 0 aromatic carbocycles. The van der Waals surface area contributed by atoms with E-state index in [2.05, 4.69) is 10.6 Å². The Kier molecular flexibility index (Phi) is 10.4. The quantitative estimate of drug-likeness (QED) is 0.297. The molecule has 0 bridgehead atoms. The first-order valence-corrected chi connectivity index (χ1v) is 10.8. The highest BCUT2D eigenvalue weighted by molar-refractivity contribution is 8.13. The molecule has 0 spiro atoms. The van der Waals surface area contributed by atoms with Gasteiger partial charge in [-0.25, -0.2) is 0 Å². The van der Waals surface area contributed by atoms with Crippen LogP contribution in [0, 0.1) is 5.41 Å². The van der Waals surface area contributed by atoms with Crippen molar-refractivity contribution < 1.29 is 43.7 Å². The second-order valence-electron chi connectivity index (χ2n) is 7.98. The van der Waals surface area contributed by atoms with Crippen LogP contribution in [0.5, 0.6) is 0 Å². The fourth-order valence-corrected chi connectivity index (χ4v) is 3.43. The SMILES string of the molecule is CC1(CC(=O)O)OCC(C)(C)[C@H](C(=O)NCCC(=O)NCCSC(=O)CCC(=O)O)O1. The Morgan fingerprint density at radius 1 is 0.968 bits per heavy atom. The van der Waals surface area contributed by atoms with Crippen LogP contribution in [-0.2, 0) is 33.4 Å². The predicted octanol–water partition coefficient (Wildman–Crippen LogP) is 0.366. The minimum absolute atomic E-state index is 0.0133. The van der Waals surface area contributed by atoms with Gasteiger partial charge in [-0.2, -0.15) is 0 Å². The normalized spacial score (nSPS) is 22.4. The number of thioether (sulfide) groups is 1. The Balaban J connectivity index is 2.34. The lowest BCUT2D eigenvalue weighted by atomic mass is 9.85. The maximum Gasteiger partial charge on any atom is 0.308 e. The van der Waals surface area contributed by atoms with E-state index in [4.69, 9.17) is 19.7 Å². The lowest BCUT2D eigenvalue weighted by Crippen LogP contribution is -2.58. The molecule has 1 aliphatic heterocycles. The molecular formula is C19H30N2O9S. The van der Waals surface area contributed by atoms with Gasteiger partial charge in [-0.1, -0.05) is 25.6 Å². The minimum atomic E-state index is -1.42. The molecule has 1 heterocycles. The van der Waals surface area contributed by atoms with E-state index in [1.54, 1.807) is 13.8 Å². The molecule has 176 valence electrons. The van der Waals surface area contributed by atoms with Gasteiger partial charge in [0.2, 0.25) is 11.8 Å². The number of carboxylic acids is 2. The molecule has 1 saturated heterocycles. The largest absolute Gasteiger partial charge is 0.481 e. The van der Waals surface area contributed by atoms with E-state index in [9.17, 15) is 24.0 Å². The summed E-state index contributed by atoms with van der Waals surface area (Å²) >= 11 is 0.955. The topological polar surface area (TPSA) is 168 Å². The third-order valence-corrected chi connectivity index (χ3v) is 5.35. The highest BCUT2D eigenvalue weighted by Gasteiger charge is 2.48. The van der Waals surface area contributed by atoms with Crippen molar-refractivity contribution in [3.05, 3.63) is 0 Å². The summed E-state index contributed by atoms with van der Waals surface area (Å²) in [6.45, 7) is 5.42. The van der Waals surface area contributed by atoms with E-state index < -0.39 is 41.6 Å². The van der Waals surface area contributed by atoms with Crippen LogP contribution in [0.4, 0.5) is 0 Å². The Hall–Kier alpha value is -2.18. The van der Waals surface area contributed by atoms with Crippen molar-refractivity contribution in [1.29, 1.82) is 0 Å². The van der Waals surface area contributed by atoms with Crippen LogP contribution >= 0.6 is 11.8 Å². The molecule has 0 aromatic heterocycles. The monoisotopic (exact) mass is 462 g/mol. The van der Waals surface area contributed by atoms with Crippen LogP contribution in [0.3, 0.4) is 0 Å². The van der Waals surface area contributed by atoms with Crippen LogP contribution in [-0.4, -0.2) is 76.4 Å². The van der Waals surface area contributed by atoms with Gasteiger partial charge in [-0.3, -0.25) is 24.0 Å². The number of carboxylic acid groups (broad SMARTS) is 2. The fraction of sp³-hybridized carbons (Fsp3) is 0.737. The zero-order chi connectivity index (χ0) is 23.7. The summed E-state index contributed by atoms with van der Waals surface area (Å²) in [6, 6.07) is 0. The van der Waals surface area contributed by atoms with Crippen LogP contribution in [0.1, 0.15) is 46.5 Å². The van der Waals surface area contributed by atoms with Crippen molar-refractivity contribution in [2.24, 2.45) is 5.41 Å². The summed E-state index contributed by atoms with van der Waals surface area (Å²) in [4.78, 5) is 57.3. The molecule has 1 aliphatic rings. The van der Waals surface area contributed by atoms with Crippen molar-refractivity contribution in [2.75, 3.05) is 25.4 Å². The molecule has 31 heavy (non-hydrogen) atoms. The number of hydrogen-bond donors (Lipinski definition) is 4. The first kappa shape index (κ1) is 26.9. The molecule has 1 rings (SSSR count). The molecule has 12 heteroatoms. The second-order valence-corrected chi connectivity index (χ2v) is 9.14. The molecule has 0 saturated carbocycles. The van der Waals surface area contributed by atoms with E-state index in [1.807, 2.05) is 0 Å². The third-order valence-electron chi connectivity index (χ3n) is 4.42. The van der Waals surface area contributed by atoms with Crippen molar-refractivity contribution in [3.63, 3.8) is 0 Å². The van der Waals surface area contributed by atoms with Gasteiger partial charge in [0, 0.05) is 37.1 Å². The molecular weight excluding hydrogens is 432 g/mol. The maximum absolute atomic E-state index is 12.6. The smallest absolute Gasteiger partial charge is 0.308 e. The number of ether oxygens (including phenoxy) is 2. The summed E-state index contributed by atoms with van der Waals surface area (Å²) < 4.78 is 11.2. The van der Waals surface area contributed by atoms with E-state index in [1.165, 1.54) is 6.92 Å². The number of rotatable bonds is 12. The molecule has 0 aromatic rings. The number of nitrogens with one attached hydrogen (secondary N) is 2. The Morgan fingerprint density at radius 3 is 2.26 bits per heavy atom. The molecule has 2 atom stereocenters. The standard InChI is InChI=1S/C19H30N2O9S/c1-18(2)11-29-19(3,10-14(25)26)30-16(18)17(28)21-7-6-12(22)20-8-9-31-15(27)5-4-13(23)24/h16H,4-11H2,1-3H3,(H,20,22)(H,21,28)(H,23,24)(H,25,26)/t16-,19?/m0/s1. The van der Waals surface area contributed by atoms with Crippen molar-refractivity contribution in [2.45, 2.75) is 58.3 Å². The maximum atomic E-state index is 12.6. The zero-order valence-corrected chi connectivity index (χ0v) is 18.7. The molecule has 4 N–H and O–H groups in total. The van der Waals surface area contributed by atoms with Gasteiger partial charge >= 0.3 is 11.9 Å². The summed E-state index contributed by atoms with van der Waals surface area (Å²) in [5.74, 6) is -4.02. The Morgan fingerprint density at radius 2 is 1.65 bits per heavy atom. The van der Waals surface area contributed by atoms with Crippen molar-refractivity contribution >= 4 is 40.6 Å². The number of amides is 2. The first-order valence-electron chi connectivity index (χ1n) is 9.80. The first-order chi connectivity index (χ1) is 14.3. The highest BCUT2D eigenvalue weighted by Crippen LogP contribution is 2.36. The molecule has 0 radical (unpaired) electrons. The number of hydrogen-bond acceptors (Lipinski definition) is 8. The molecule has 1 fully saturated rings. The van der Waals surface area contributed by atoms with Gasteiger partial charge in [-0.15, -0.1) is 0 Å². The predicted molar refractivity (Wildman–Crippen MR) is 110 cm³/mol.